The maximum Gasteiger partial charge on any atom is 0.306 e. The number of hydrogen-bond acceptors (Lipinski definition) is 4. The fourth-order valence-corrected chi connectivity index (χ4v) is 3.09. The highest BCUT2D eigenvalue weighted by molar-refractivity contribution is 8.00. The van der Waals surface area contributed by atoms with Crippen LogP contribution in [0.1, 0.15) is 42.0 Å². The Kier molecular flexibility index (Phi) is 6.33. The van der Waals surface area contributed by atoms with E-state index in [1.54, 1.807) is 0 Å². The van der Waals surface area contributed by atoms with Crippen LogP contribution in [0.2, 0.25) is 0 Å². The molecule has 20 heavy (non-hydrogen) atoms. The summed E-state index contributed by atoms with van der Waals surface area (Å²) in [5.74, 6) is 0.285. The maximum absolute atomic E-state index is 12.3. The maximum atomic E-state index is 12.3. The van der Waals surface area contributed by atoms with Crippen LogP contribution in [0.25, 0.3) is 0 Å². The van der Waals surface area contributed by atoms with Crippen molar-refractivity contribution < 1.29 is 14.3 Å². The molecule has 0 saturated heterocycles. The van der Waals surface area contributed by atoms with E-state index in [-0.39, 0.29) is 17.0 Å². The second-order valence-electron chi connectivity index (χ2n) is 4.85. The monoisotopic (exact) mass is 297 g/mol. The highest BCUT2D eigenvalue weighted by Crippen LogP contribution is 2.20. The van der Waals surface area contributed by atoms with E-state index in [1.165, 1.54) is 18.9 Å². The number of hydrogen-bond donors (Lipinski definition) is 0. The summed E-state index contributed by atoms with van der Waals surface area (Å²) >= 11 is 1.49. The predicted molar refractivity (Wildman–Crippen MR) is 82.5 cm³/mol. The molecule has 4 nitrogen and oxygen atoms in total. The average Bonchev–Trinajstić information content (AvgIpc) is 2.70. The highest BCUT2D eigenvalue weighted by Gasteiger charge is 2.17. The second-order valence-corrected chi connectivity index (χ2v) is 6.28. The zero-order valence-corrected chi connectivity index (χ0v) is 13.7. The van der Waals surface area contributed by atoms with Gasteiger partial charge in [-0.3, -0.25) is 9.59 Å². The van der Waals surface area contributed by atoms with E-state index in [0.29, 0.717) is 12.2 Å². The molecule has 1 rings (SSSR count). The van der Waals surface area contributed by atoms with Gasteiger partial charge in [0.05, 0.1) is 19.3 Å². The minimum Gasteiger partial charge on any atom is -0.469 e. The van der Waals surface area contributed by atoms with Crippen molar-refractivity contribution in [2.24, 2.45) is 0 Å². The number of carbonyl (C=O) groups excluding carboxylic acids is 2. The van der Waals surface area contributed by atoms with Gasteiger partial charge in [0.1, 0.15) is 0 Å². The van der Waals surface area contributed by atoms with Gasteiger partial charge in [0, 0.05) is 28.7 Å². The molecule has 0 radical (unpaired) electrons. The molecular weight excluding hydrogens is 274 g/mol. The van der Waals surface area contributed by atoms with Gasteiger partial charge >= 0.3 is 5.97 Å². The molecule has 1 atom stereocenters. The van der Waals surface area contributed by atoms with Crippen LogP contribution in [0.4, 0.5) is 0 Å². The van der Waals surface area contributed by atoms with Crippen molar-refractivity contribution in [3.8, 4) is 0 Å². The number of thioether (sulfide) groups is 1. The van der Waals surface area contributed by atoms with E-state index in [4.69, 9.17) is 0 Å². The van der Waals surface area contributed by atoms with Crippen molar-refractivity contribution in [3.05, 3.63) is 23.0 Å². The first-order valence-electron chi connectivity index (χ1n) is 6.79. The number of nitrogens with zero attached hydrogens (tertiary/aromatic N) is 1. The summed E-state index contributed by atoms with van der Waals surface area (Å²) in [5.41, 5.74) is 2.93. The topological polar surface area (TPSA) is 48.3 Å². The van der Waals surface area contributed by atoms with Gasteiger partial charge in [-0.05, 0) is 26.8 Å². The van der Waals surface area contributed by atoms with Crippen LogP contribution < -0.4 is 0 Å². The van der Waals surface area contributed by atoms with Crippen molar-refractivity contribution in [1.29, 1.82) is 0 Å². The standard InChI is InChI=1S/C15H23NO3S/c1-6-16-10(2)7-13(12(16)4)14(17)9-20-11(3)8-15(18)19-5/h7,11H,6,8-9H2,1-5H3. The Morgan fingerprint density at radius 1 is 1.40 bits per heavy atom. The lowest BCUT2D eigenvalue weighted by Crippen LogP contribution is -2.12. The van der Waals surface area contributed by atoms with Gasteiger partial charge in [0.15, 0.2) is 5.78 Å². The summed E-state index contributed by atoms with van der Waals surface area (Å²) in [5, 5.41) is 0.0843. The average molecular weight is 297 g/mol. The van der Waals surface area contributed by atoms with Gasteiger partial charge in [-0.1, -0.05) is 6.92 Å². The van der Waals surface area contributed by atoms with Gasteiger partial charge in [-0.15, -0.1) is 11.8 Å². The quantitative estimate of drug-likeness (QED) is 0.573. The van der Waals surface area contributed by atoms with E-state index >= 15 is 0 Å². The van der Waals surface area contributed by atoms with E-state index in [1.807, 2.05) is 26.8 Å². The third-order valence-corrected chi connectivity index (χ3v) is 4.54. The molecule has 0 amide bonds. The van der Waals surface area contributed by atoms with Crippen molar-refractivity contribution >= 4 is 23.5 Å². The lowest BCUT2D eigenvalue weighted by molar-refractivity contribution is -0.140. The number of ether oxygens (including phenoxy) is 1. The van der Waals surface area contributed by atoms with Crippen LogP contribution in [0, 0.1) is 13.8 Å². The van der Waals surface area contributed by atoms with E-state index in [0.717, 1.165) is 23.5 Å². The lowest BCUT2D eigenvalue weighted by atomic mass is 10.2. The molecule has 1 aromatic heterocycles. The smallest absolute Gasteiger partial charge is 0.306 e. The minimum absolute atomic E-state index is 0.0843. The number of aryl methyl sites for hydroxylation is 1. The highest BCUT2D eigenvalue weighted by atomic mass is 32.2. The zero-order chi connectivity index (χ0) is 15.3. The van der Waals surface area contributed by atoms with E-state index in [2.05, 4.69) is 16.2 Å². The van der Waals surface area contributed by atoms with Crippen molar-refractivity contribution in [2.45, 2.75) is 45.9 Å². The number of ketones is 1. The van der Waals surface area contributed by atoms with Gasteiger partial charge in [0.2, 0.25) is 0 Å². The zero-order valence-electron chi connectivity index (χ0n) is 12.9. The summed E-state index contributed by atoms with van der Waals surface area (Å²) in [4.78, 5) is 23.4. The Morgan fingerprint density at radius 2 is 2.05 bits per heavy atom. The van der Waals surface area contributed by atoms with Crippen LogP contribution in [0.3, 0.4) is 0 Å². The fourth-order valence-electron chi connectivity index (χ4n) is 2.24. The Bertz CT molecular complexity index is 494. The van der Waals surface area contributed by atoms with Crippen LogP contribution in [0.15, 0.2) is 6.07 Å². The SMILES string of the molecule is CCn1c(C)cc(C(=O)CSC(C)CC(=O)OC)c1C. The first-order chi connectivity index (χ1) is 9.40. The summed E-state index contributed by atoms with van der Waals surface area (Å²) in [7, 11) is 1.38. The Labute approximate surface area is 124 Å². The summed E-state index contributed by atoms with van der Waals surface area (Å²) in [6.07, 6.45) is 0.336. The number of Topliss-reactive ketones (excluding diaryl/α,β-unsaturated/α-hetero) is 1. The molecule has 112 valence electrons. The Balaban J connectivity index is 2.62. The van der Waals surface area contributed by atoms with E-state index < -0.39 is 0 Å². The van der Waals surface area contributed by atoms with Gasteiger partial charge in [-0.2, -0.15) is 0 Å². The van der Waals surface area contributed by atoms with Gasteiger partial charge < -0.3 is 9.30 Å². The number of carbonyl (C=O) groups is 2. The van der Waals surface area contributed by atoms with Gasteiger partial charge in [-0.25, -0.2) is 0 Å². The molecule has 0 fully saturated rings. The van der Waals surface area contributed by atoms with Crippen molar-refractivity contribution in [3.63, 3.8) is 0 Å². The van der Waals surface area contributed by atoms with Crippen molar-refractivity contribution in [2.75, 3.05) is 12.9 Å². The molecule has 0 bridgehead atoms. The lowest BCUT2D eigenvalue weighted by Gasteiger charge is -2.09. The largest absolute Gasteiger partial charge is 0.469 e. The molecular formula is C15H23NO3S. The number of esters is 1. The molecule has 1 unspecified atom stereocenters. The number of methoxy groups -OCH3 is 1. The van der Waals surface area contributed by atoms with Crippen LogP contribution >= 0.6 is 11.8 Å². The summed E-state index contributed by atoms with van der Waals surface area (Å²) in [6.45, 7) is 8.87. The fraction of sp³-hybridized carbons (Fsp3) is 0.600. The molecule has 1 heterocycles. The van der Waals surface area contributed by atoms with Crippen LogP contribution in [-0.4, -0.2) is 34.4 Å². The van der Waals surface area contributed by atoms with Crippen LogP contribution in [0.5, 0.6) is 0 Å². The van der Waals surface area contributed by atoms with E-state index in [9.17, 15) is 9.59 Å². The predicted octanol–water partition coefficient (Wildman–Crippen LogP) is 2.99. The summed E-state index contributed by atoms with van der Waals surface area (Å²) < 4.78 is 6.76. The van der Waals surface area contributed by atoms with Crippen molar-refractivity contribution in [1.82, 2.24) is 4.57 Å². The third kappa shape index (κ3) is 4.13. The molecule has 0 aliphatic heterocycles. The molecule has 0 aliphatic rings. The molecule has 1 aromatic rings. The molecule has 5 heteroatoms. The molecule has 0 N–H and O–H groups in total. The second kappa shape index (κ2) is 7.53. The third-order valence-electron chi connectivity index (χ3n) is 3.37. The Morgan fingerprint density at radius 3 is 2.55 bits per heavy atom. The normalized spacial score (nSPS) is 12.2. The molecule has 0 aromatic carbocycles. The summed E-state index contributed by atoms with van der Waals surface area (Å²) in [6, 6.07) is 1.95. The molecule has 0 saturated carbocycles. The van der Waals surface area contributed by atoms with Gasteiger partial charge in [0.25, 0.3) is 0 Å². The first kappa shape index (κ1) is 16.8. The van der Waals surface area contributed by atoms with Crippen LogP contribution in [-0.2, 0) is 16.1 Å². The first-order valence-corrected chi connectivity index (χ1v) is 7.83. The number of rotatable bonds is 7. The molecule has 0 spiro atoms. The molecule has 0 aliphatic carbocycles. The Hall–Kier alpha value is -1.23. The number of aromatic nitrogens is 1. The minimum atomic E-state index is -0.235.